The van der Waals surface area contributed by atoms with Gasteiger partial charge in [0.25, 0.3) is 5.91 Å². The summed E-state index contributed by atoms with van der Waals surface area (Å²) in [6.45, 7) is 3.60. The van der Waals surface area contributed by atoms with Gasteiger partial charge in [-0.05, 0) is 42.0 Å². The quantitative estimate of drug-likeness (QED) is 0.220. The molecule has 0 aliphatic heterocycles. The van der Waals surface area contributed by atoms with Crippen molar-refractivity contribution < 1.29 is 23.9 Å². The minimum atomic E-state index is -0.529. The van der Waals surface area contributed by atoms with Crippen molar-refractivity contribution in [3.8, 4) is 11.5 Å². The van der Waals surface area contributed by atoms with Crippen LogP contribution in [0.2, 0.25) is 0 Å². The van der Waals surface area contributed by atoms with Crippen LogP contribution in [0.5, 0.6) is 11.5 Å². The highest BCUT2D eigenvalue weighted by atomic mass is 16.5. The van der Waals surface area contributed by atoms with E-state index < -0.39 is 11.8 Å². The number of benzene rings is 2. The average molecular weight is 424 g/mol. The van der Waals surface area contributed by atoms with Gasteiger partial charge in [-0.15, -0.1) is 6.58 Å². The van der Waals surface area contributed by atoms with Gasteiger partial charge in [0.15, 0.2) is 6.61 Å². The van der Waals surface area contributed by atoms with Crippen LogP contribution in [0.4, 0.5) is 5.69 Å². The Morgan fingerprint density at radius 2 is 1.77 bits per heavy atom. The van der Waals surface area contributed by atoms with E-state index in [0.29, 0.717) is 29.3 Å². The summed E-state index contributed by atoms with van der Waals surface area (Å²) in [5.74, 6) is -0.211. The van der Waals surface area contributed by atoms with E-state index in [1.54, 1.807) is 42.5 Å². The van der Waals surface area contributed by atoms with Crippen LogP contribution in [-0.2, 0) is 14.4 Å². The third kappa shape index (κ3) is 8.40. The van der Waals surface area contributed by atoms with Crippen molar-refractivity contribution in [2.75, 3.05) is 25.6 Å². The number of hydrogen-bond donors (Lipinski definition) is 3. The van der Waals surface area contributed by atoms with Crippen molar-refractivity contribution in [1.29, 1.82) is 0 Å². The van der Waals surface area contributed by atoms with Crippen LogP contribution in [0.1, 0.15) is 12.0 Å². The van der Waals surface area contributed by atoms with E-state index in [-0.39, 0.29) is 18.9 Å². The lowest BCUT2D eigenvalue weighted by atomic mass is 10.2. The normalized spacial score (nSPS) is 10.2. The van der Waals surface area contributed by atoms with Gasteiger partial charge in [0.2, 0.25) is 11.8 Å². The number of carbonyl (C=O) groups is 3. The molecule has 0 aliphatic rings. The molecular formula is C22H24N4O5. The maximum atomic E-state index is 12.1. The molecule has 2 rings (SSSR count). The number of methoxy groups -OCH3 is 1. The van der Waals surface area contributed by atoms with Crippen LogP contribution in [-0.4, -0.2) is 44.2 Å². The molecule has 9 heteroatoms. The number of amides is 3. The predicted molar refractivity (Wildman–Crippen MR) is 117 cm³/mol. The minimum absolute atomic E-state index is 0.171. The smallest absolute Gasteiger partial charge is 0.262 e. The predicted octanol–water partition coefficient (Wildman–Crippen LogP) is 1.86. The molecule has 0 radical (unpaired) electrons. The van der Waals surface area contributed by atoms with Crippen LogP contribution in [0.25, 0.3) is 0 Å². The Bertz CT molecular complexity index is 941. The molecule has 0 bridgehead atoms. The van der Waals surface area contributed by atoms with E-state index in [1.165, 1.54) is 19.4 Å². The second-order valence-corrected chi connectivity index (χ2v) is 6.17. The Balaban J connectivity index is 1.76. The molecule has 162 valence electrons. The summed E-state index contributed by atoms with van der Waals surface area (Å²) in [7, 11) is 1.53. The number of hydrazone groups is 1. The number of anilines is 1. The number of nitrogens with zero attached hydrogens (tertiary/aromatic N) is 1. The number of para-hydroxylation sites is 2. The molecule has 31 heavy (non-hydrogen) atoms. The summed E-state index contributed by atoms with van der Waals surface area (Å²) in [5, 5.41) is 9.02. The second-order valence-electron chi connectivity index (χ2n) is 6.17. The summed E-state index contributed by atoms with van der Waals surface area (Å²) < 4.78 is 10.7. The van der Waals surface area contributed by atoms with Gasteiger partial charge >= 0.3 is 0 Å². The SMILES string of the molecule is C=CCNC(=O)CC(=O)N/N=C/c1ccc(OCC(=O)Nc2ccccc2OC)cc1. The highest BCUT2D eigenvalue weighted by Crippen LogP contribution is 2.22. The summed E-state index contributed by atoms with van der Waals surface area (Å²) in [4.78, 5) is 35.1. The first kappa shape index (κ1) is 23.1. The molecule has 0 aromatic heterocycles. The largest absolute Gasteiger partial charge is 0.495 e. The Kier molecular flexibility index (Phi) is 9.28. The number of nitrogens with one attached hydrogen (secondary N) is 3. The standard InChI is InChI=1S/C22H24N4O5/c1-3-12-23-20(27)13-21(28)26-24-14-16-8-10-17(11-9-16)31-15-22(29)25-18-6-4-5-7-19(18)30-2/h3-11,14H,1,12-13,15H2,2H3,(H,23,27)(H,25,29)(H,26,28)/b24-14+. The van der Waals surface area contributed by atoms with Gasteiger partial charge in [0, 0.05) is 6.54 Å². The van der Waals surface area contributed by atoms with Crippen LogP contribution >= 0.6 is 0 Å². The molecule has 9 nitrogen and oxygen atoms in total. The Hall–Kier alpha value is -4.14. The lowest BCUT2D eigenvalue weighted by molar-refractivity contribution is -0.129. The Labute approximate surface area is 180 Å². The molecule has 0 saturated carbocycles. The van der Waals surface area contributed by atoms with Crippen molar-refractivity contribution in [2.24, 2.45) is 5.10 Å². The fourth-order valence-corrected chi connectivity index (χ4v) is 2.35. The molecule has 3 amide bonds. The Morgan fingerprint density at radius 1 is 1.03 bits per heavy atom. The minimum Gasteiger partial charge on any atom is -0.495 e. The molecule has 0 heterocycles. The van der Waals surface area contributed by atoms with E-state index in [0.717, 1.165) is 0 Å². The number of carbonyl (C=O) groups excluding carboxylic acids is 3. The molecule has 2 aromatic rings. The van der Waals surface area contributed by atoms with E-state index in [4.69, 9.17) is 9.47 Å². The van der Waals surface area contributed by atoms with Crippen molar-refractivity contribution in [3.63, 3.8) is 0 Å². The van der Waals surface area contributed by atoms with Crippen molar-refractivity contribution >= 4 is 29.6 Å². The zero-order valence-corrected chi connectivity index (χ0v) is 17.1. The second kappa shape index (κ2) is 12.4. The molecule has 0 atom stereocenters. The topological polar surface area (TPSA) is 118 Å². The zero-order chi connectivity index (χ0) is 22.5. The van der Waals surface area contributed by atoms with Gasteiger partial charge < -0.3 is 20.1 Å². The van der Waals surface area contributed by atoms with E-state index in [2.05, 4.69) is 27.7 Å². The molecule has 0 spiro atoms. The number of ether oxygens (including phenoxy) is 2. The summed E-state index contributed by atoms with van der Waals surface area (Å²) in [6.07, 6.45) is 2.63. The van der Waals surface area contributed by atoms with Gasteiger partial charge in [-0.1, -0.05) is 18.2 Å². The van der Waals surface area contributed by atoms with E-state index >= 15 is 0 Å². The van der Waals surface area contributed by atoms with Crippen molar-refractivity contribution in [3.05, 3.63) is 66.7 Å². The fourth-order valence-electron chi connectivity index (χ4n) is 2.35. The van der Waals surface area contributed by atoms with Crippen LogP contribution in [0.15, 0.2) is 66.3 Å². The highest BCUT2D eigenvalue weighted by Gasteiger charge is 2.08. The van der Waals surface area contributed by atoms with Gasteiger partial charge in [-0.25, -0.2) is 5.43 Å². The molecule has 0 saturated heterocycles. The van der Waals surface area contributed by atoms with Crippen LogP contribution < -0.4 is 25.5 Å². The molecule has 0 fully saturated rings. The summed E-state index contributed by atoms with van der Waals surface area (Å²) in [5.41, 5.74) is 3.53. The van der Waals surface area contributed by atoms with Gasteiger partial charge in [-0.3, -0.25) is 14.4 Å². The highest BCUT2D eigenvalue weighted by molar-refractivity contribution is 5.97. The zero-order valence-electron chi connectivity index (χ0n) is 17.1. The molecule has 3 N–H and O–H groups in total. The number of rotatable bonds is 11. The van der Waals surface area contributed by atoms with E-state index in [1.807, 2.05) is 6.07 Å². The third-order valence-electron chi connectivity index (χ3n) is 3.80. The third-order valence-corrected chi connectivity index (χ3v) is 3.80. The summed E-state index contributed by atoms with van der Waals surface area (Å²) in [6, 6.07) is 13.8. The first-order chi connectivity index (χ1) is 15.0. The first-order valence-electron chi connectivity index (χ1n) is 9.37. The Morgan fingerprint density at radius 3 is 2.48 bits per heavy atom. The lowest BCUT2D eigenvalue weighted by Gasteiger charge is -2.10. The van der Waals surface area contributed by atoms with Gasteiger partial charge in [0.1, 0.15) is 17.9 Å². The molecule has 2 aromatic carbocycles. The lowest BCUT2D eigenvalue weighted by Crippen LogP contribution is -2.29. The van der Waals surface area contributed by atoms with E-state index in [9.17, 15) is 14.4 Å². The van der Waals surface area contributed by atoms with Gasteiger partial charge in [-0.2, -0.15) is 5.10 Å². The maximum absolute atomic E-state index is 12.1. The van der Waals surface area contributed by atoms with Crippen LogP contribution in [0, 0.1) is 0 Å². The molecule has 0 unspecified atom stereocenters. The average Bonchev–Trinajstić information content (AvgIpc) is 2.77. The van der Waals surface area contributed by atoms with Crippen molar-refractivity contribution in [1.82, 2.24) is 10.7 Å². The monoisotopic (exact) mass is 424 g/mol. The molecule has 0 aliphatic carbocycles. The summed E-state index contributed by atoms with van der Waals surface area (Å²) >= 11 is 0. The maximum Gasteiger partial charge on any atom is 0.262 e. The van der Waals surface area contributed by atoms with Crippen molar-refractivity contribution in [2.45, 2.75) is 6.42 Å². The first-order valence-corrected chi connectivity index (χ1v) is 9.37. The molecular weight excluding hydrogens is 400 g/mol. The number of hydrogen-bond acceptors (Lipinski definition) is 6. The van der Waals surface area contributed by atoms with Crippen LogP contribution in [0.3, 0.4) is 0 Å². The van der Waals surface area contributed by atoms with Gasteiger partial charge in [0.05, 0.1) is 19.0 Å². The fraction of sp³-hybridized carbons (Fsp3) is 0.182.